The van der Waals surface area contributed by atoms with Crippen LogP contribution in [0.4, 0.5) is 8.78 Å². The third kappa shape index (κ3) is 4.08. The van der Waals surface area contributed by atoms with E-state index in [1.807, 2.05) is 13.8 Å². The largest absolute Gasteiger partial charge is 0.388 e. The number of benzene rings is 3. The summed E-state index contributed by atoms with van der Waals surface area (Å²) in [5.41, 5.74) is 1.38. The molecule has 0 saturated carbocycles. The highest BCUT2D eigenvalue weighted by molar-refractivity contribution is 6.35. The SMILES string of the molecule is CCC(O)(CC)Cn1nnc2cc(-c3ccccc3-c3ccc(C#N)c(F)c3)c(F)c(Cl)c21. The summed E-state index contributed by atoms with van der Waals surface area (Å²) in [6, 6.07) is 14.6. The molecule has 4 aromatic rings. The second kappa shape index (κ2) is 8.89. The van der Waals surface area contributed by atoms with Crippen LogP contribution in [0.15, 0.2) is 48.5 Å². The van der Waals surface area contributed by atoms with Crippen LogP contribution in [-0.2, 0) is 6.54 Å². The van der Waals surface area contributed by atoms with Crippen LogP contribution in [0.3, 0.4) is 0 Å². The molecule has 4 rings (SSSR count). The van der Waals surface area contributed by atoms with Crippen molar-refractivity contribution < 1.29 is 13.9 Å². The van der Waals surface area contributed by atoms with Crippen LogP contribution in [0.5, 0.6) is 0 Å². The first-order valence-electron chi connectivity index (χ1n) is 10.5. The zero-order chi connectivity index (χ0) is 23.8. The number of nitriles is 1. The van der Waals surface area contributed by atoms with E-state index in [0.29, 0.717) is 40.6 Å². The van der Waals surface area contributed by atoms with Crippen LogP contribution >= 0.6 is 11.6 Å². The van der Waals surface area contributed by atoms with Gasteiger partial charge in [0.2, 0.25) is 0 Å². The molecule has 168 valence electrons. The third-order valence-electron chi connectivity index (χ3n) is 6.06. The van der Waals surface area contributed by atoms with Gasteiger partial charge in [-0.3, -0.25) is 0 Å². The summed E-state index contributed by atoms with van der Waals surface area (Å²) in [5, 5.41) is 27.8. The molecule has 3 aromatic carbocycles. The second-order valence-corrected chi connectivity index (χ2v) is 8.33. The summed E-state index contributed by atoms with van der Waals surface area (Å²) in [6.45, 7) is 3.87. The highest BCUT2D eigenvalue weighted by Gasteiger charge is 2.27. The van der Waals surface area contributed by atoms with Crippen LogP contribution in [0.2, 0.25) is 5.02 Å². The lowest BCUT2D eigenvalue weighted by Crippen LogP contribution is -2.33. The van der Waals surface area contributed by atoms with E-state index < -0.39 is 17.2 Å². The van der Waals surface area contributed by atoms with E-state index in [2.05, 4.69) is 10.3 Å². The molecular weight excluding hydrogens is 446 g/mol. The second-order valence-electron chi connectivity index (χ2n) is 7.95. The maximum atomic E-state index is 15.6. The van der Waals surface area contributed by atoms with Crippen LogP contribution in [-0.4, -0.2) is 25.7 Å². The standard InChI is InChI=1S/C25H21ClF2N4O/c1-3-25(33,4-2)14-32-24-21(30-31-32)12-19(23(28)22(24)26)18-8-6-5-7-17(18)15-9-10-16(13-29)20(27)11-15/h5-12,33H,3-4,14H2,1-2H3. The Labute approximate surface area is 194 Å². The first kappa shape index (κ1) is 22.8. The molecule has 0 amide bonds. The van der Waals surface area contributed by atoms with Gasteiger partial charge in [-0.1, -0.05) is 61.0 Å². The van der Waals surface area contributed by atoms with Crippen molar-refractivity contribution in [2.45, 2.75) is 38.8 Å². The minimum absolute atomic E-state index is 0.0670. The van der Waals surface area contributed by atoms with Crippen molar-refractivity contribution in [1.82, 2.24) is 15.0 Å². The Morgan fingerprint density at radius 3 is 2.39 bits per heavy atom. The monoisotopic (exact) mass is 466 g/mol. The van der Waals surface area contributed by atoms with Crippen LogP contribution in [0.25, 0.3) is 33.3 Å². The predicted molar refractivity (Wildman–Crippen MR) is 124 cm³/mol. The Morgan fingerprint density at radius 2 is 1.76 bits per heavy atom. The van der Waals surface area contributed by atoms with Crippen LogP contribution in [0.1, 0.15) is 32.3 Å². The highest BCUT2D eigenvalue weighted by atomic mass is 35.5. The summed E-state index contributed by atoms with van der Waals surface area (Å²) >= 11 is 6.45. The normalized spacial score (nSPS) is 11.7. The van der Waals surface area contributed by atoms with Crippen LogP contribution < -0.4 is 0 Å². The van der Waals surface area contributed by atoms with Crippen molar-refractivity contribution in [2.24, 2.45) is 0 Å². The Hall–Kier alpha value is -3.34. The van der Waals surface area contributed by atoms with Crippen molar-refractivity contribution in [3.05, 3.63) is 70.8 Å². The number of rotatable bonds is 6. The van der Waals surface area contributed by atoms with Gasteiger partial charge in [0.15, 0.2) is 5.82 Å². The van der Waals surface area contributed by atoms with E-state index in [4.69, 9.17) is 16.9 Å². The number of aromatic nitrogens is 3. The van der Waals surface area contributed by atoms with Gasteiger partial charge < -0.3 is 5.11 Å². The topological polar surface area (TPSA) is 74.7 Å². The fourth-order valence-corrected chi connectivity index (χ4v) is 4.17. The Balaban J connectivity index is 1.87. The summed E-state index contributed by atoms with van der Waals surface area (Å²) in [7, 11) is 0. The zero-order valence-electron chi connectivity index (χ0n) is 18.1. The fourth-order valence-electron chi connectivity index (χ4n) is 3.87. The molecule has 33 heavy (non-hydrogen) atoms. The lowest BCUT2D eigenvalue weighted by atomic mass is 9.93. The molecule has 0 radical (unpaired) electrons. The van der Waals surface area contributed by atoms with Gasteiger partial charge in [-0.2, -0.15) is 5.26 Å². The zero-order valence-corrected chi connectivity index (χ0v) is 18.9. The van der Waals surface area contributed by atoms with Crippen LogP contribution in [0, 0.1) is 23.0 Å². The third-order valence-corrected chi connectivity index (χ3v) is 6.40. The van der Waals surface area contributed by atoms with E-state index in [-0.39, 0.29) is 22.7 Å². The van der Waals surface area contributed by atoms with Crippen molar-refractivity contribution in [3.8, 4) is 28.3 Å². The summed E-state index contributed by atoms with van der Waals surface area (Å²) in [5.74, 6) is -1.31. The molecule has 5 nitrogen and oxygen atoms in total. The minimum atomic E-state index is -1.01. The highest BCUT2D eigenvalue weighted by Crippen LogP contribution is 2.39. The van der Waals surface area contributed by atoms with E-state index in [1.54, 1.807) is 42.5 Å². The molecule has 1 N–H and O–H groups in total. The molecule has 0 unspecified atom stereocenters. The number of halogens is 3. The molecule has 1 aromatic heterocycles. The maximum Gasteiger partial charge on any atom is 0.151 e. The van der Waals surface area contributed by atoms with E-state index in [9.17, 15) is 9.50 Å². The summed E-state index contributed by atoms with van der Waals surface area (Å²) in [6.07, 6.45) is 0.995. The van der Waals surface area contributed by atoms with Gasteiger partial charge in [-0.15, -0.1) is 5.10 Å². The van der Waals surface area contributed by atoms with Gasteiger partial charge >= 0.3 is 0 Å². The van der Waals surface area contributed by atoms with E-state index >= 15 is 4.39 Å². The summed E-state index contributed by atoms with van der Waals surface area (Å²) < 4.78 is 31.3. The lowest BCUT2D eigenvalue weighted by molar-refractivity contribution is 0.0125. The van der Waals surface area contributed by atoms with Gasteiger partial charge in [-0.05, 0) is 47.7 Å². The molecule has 0 saturated heterocycles. The molecular formula is C25H21ClF2N4O. The van der Waals surface area contributed by atoms with Crippen molar-refractivity contribution in [1.29, 1.82) is 5.26 Å². The Morgan fingerprint density at radius 1 is 1.06 bits per heavy atom. The first-order chi connectivity index (χ1) is 15.8. The van der Waals surface area contributed by atoms with Crippen molar-refractivity contribution in [2.75, 3.05) is 0 Å². The molecule has 0 aliphatic carbocycles. The maximum absolute atomic E-state index is 15.6. The molecule has 0 aliphatic heterocycles. The van der Waals surface area contributed by atoms with Gasteiger partial charge in [0, 0.05) is 5.56 Å². The van der Waals surface area contributed by atoms with Crippen molar-refractivity contribution in [3.63, 3.8) is 0 Å². The number of aliphatic hydroxyl groups is 1. The number of hydrogen-bond donors (Lipinski definition) is 1. The van der Waals surface area contributed by atoms with E-state index in [1.165, 1.54) is 16.8 Å². The first-order valence-corrected chi connectivity index (χ1v) is 10.9. The molecule has 0 fully saturated rings. The molecule has 0 aliphatic rings. The van der Waals surface area contributed by atoms with Crippen molar-refractivity contribution >= 4 is 22.6 Å². The molecule has 0 atom stereocenters. The number of fused-ring (bicyclic) bond motifs is 1. The Kier molecular flexibility index (Phi) is 6.15. The number of hydrogen-bond acceptors (Lipinski definition) is 4. The van der Waals surface area contributed by atoms with Gasteiger partial charge in [0.05, 0.1) is 17.7 Å². The average molecular weight is 467 g/mol. The average Bonchev–Trinajstić information content (AvgIpc) is 3.23. The number of nitrogens with zero attached hydrogens (tertiary/aromatic N) is 4. The fraction of sp³-hybridized carbons (Fsp3) is 0.240. The molecule has 1 heterocycles. The van der Waals surface area contributed by atoms with Gasteiger partial charge in [-0.25, -0.2) is 13.5 Å². The molecule has 8 heteroatoms. The smallest absolute Gasteiger partial charge is 0.151 e. The van der Waals surface area contributed by atoms with E-state index in [0.717, 1.165) is 0 Å². The Bertz CT molecular complexity index is 1390. The van der Waals surface area contributed by atoms with Gasteiger partial charge in [0.25, 0.3) is 0 Å². The molecule has 0 bridgehead atoms. The predicted octanol–water partition coefficient (Wildman–Crippen LogP) is 6.12. The quantitative estimate of drug-likeness (QED) is 0.371. The lowest BCUT2D eigenvalue weighted by Gasteiger charge is -2.25. The van der Waals surface area contributed by atoms with Gasteiger partial charge in [0.1, 0.15) is 27.9 Å². The minimum Gasteiger partial charge on any atom is -0.388 e. The summed E-state index contributed by atoms with van der Waals surface area (Å²) in [4.78, 5) is 0. The molecule has 0 spiro atoms.